The van der Waals surface area contributed by atoms with Crippen molar-refractivity contribution in [3.05, 3.63) is 70.3 Å². The summed E-state index contributed by atoms with van der Waals surface area (Å²) in [7, 11) is 0. The molecule has 0 unspecified atom stereocenters. The van der Waals surface area contributed by atoms with Gasteiger partial charge >= 0.3 is 0 Å². The molecule has 2 aromatic rings. The molecule has 2 aromatic carbocycles. The number of carbonyl (C=O) groups excluding carboxylic acids is 1. The molecule has 0 amide bonds. The zero-order valence-electron chi connectivity index (χ0n) is 10.7. The molecule has 0 atom stereocenters. The fourth-order valence-corrected chi connectivity index (χ4v) is 2.56. The van der Waals surface area contributed by atoms with Crippen LogP contribution in [0.3, 0.4) is 0 Å². The van der Waals surface area contributed by atoms with Crippen molar-refractivity contribution in [2.24, 2.45) is 0 Å². The van der Waals surface area contributed by atoms with Crippen LogP contribution in [0, 0.1) is 11.6 Å². The van der Waals surface area contributed by atoms with Gasteiger partial charge < -0.3 is 5.32 Å². The Balaban J connectivity index is 2.09. The second-order valence-electron chi connectivity index (χ2n) is 4.82. The Morgan fingerprint density at radius 1 is 1.10 bits per heavy atom. The molecule has 1 N–H and O–H groups in total. The van der Waals surface area contributed by atoms with Crippen molar-refractivity contribution in [1.82, 2.24) is 5.32 Å². The minimum Gasteiger partial charge on any atom is -0.312 e. The molecule has 1 aliphatic heterocycles. The molecule has 2 nitrogen and oxygen atoms in total. The first-order chi connectivity index (χ1) is 9.66. The molecule has 0 aliphatic carbocycles. The van der Waals surface area contributed by atoms with Gasteiger partial charge in [0, 0.05) is 12.1 Å². The van der Waals surface area contributed by atoms with Gasteiger partial charge in [-0.3, -0.25) is 4.79 Å². The quantitative estimate of drug-likeness (QED) is 0.852. The van der Waals surface area contributed by atoms with E-state index >= 15 is 0 Å². The molecule has 20 heavy (non-hydrogen) atoms. The minimum absolute atomic E-state index is 0.211. The third-order valence-electron chi connectivity index (χ3n) is 3.56. The third-order valence-corrected chi connectivity index (χ3v) is 3.56. The molecule has 102 valence electrons. The maximum Gasteiger partial charge on any atom is 0.196 e. The van der Waals surface area contributed by atoms with E-state index in [-0.39, 0.29) is 5.56 Å². The zero-order chi connectivity index (χ0) is 14.1. The molecule has 1 aliphatic rings. The smallest absolute Gasteiger partial charge is 0.196 e. The molecule has 1 heterocycles. The lowest BCUT2D eigenvalue weighted by Gasteiger charge is -2.19. The fraction of sp³-hybridized carbons (Fsp3) is 0.188. The molecule has 0 saturated carbocycles. The Hall–Kier alpha value is -2.07. The molecular weight excluding hydrogens is 260 g/mol. The van der Waals surface area contributed by atoms with Crippen molar-refractivity contribution in [3.63, 3.8) is 0 Å². The number of halogens is 2. The van der Waals surface area contributed by atoms with Gasteiger partial charge in [0.1, 0.15) is 11.6 Å². The first kappa shape index (κ1) is 12.9. The highest BCUT2D eigenvalue weighted by Gasteiger charge is 2.21. The number of nitrogens with one attached hydrogen (secondary N) is 1. The maximum atomic E-state index is 13.7. The predicted molar refractivity (Wildman–Crippen MR) is 71.6 cm³/mol. The van der Waals surface area contributed by atoms with Crippen LogP contribution in [-0.4, -0.2) is 12.3 Å². The van der Waals surface area contributed by atoms with E-state index in [1.807, 2.05) is 6.07 Å². The van der Waals surface area contributed by atoms with Crippen LogP contribution in [0.1, 0.15) is 27.0 Å². The lowest BCUT2D eigenvalue weighted by molar-refractivity contribution is 0.103. The van der Waals surface area contributed by atoms with Crippen molar-refractivity contribution >= 4 is 5.78 Å². The average molecular weight is 273 g/mol. The summed E-state index contributed by atoms with van der Waals surface area (Å²) >= 11 is 0. The highest BCUT2D eigenvalue weighted by Crippen LogP contribution is 2.23. The Morgan fingerprint density at radius 2 is 1.95 bits per heavy atom. The number of carbonyl (C=O) groups is 1. The topological polar surface area (TPSA) is 29.1 Å². The average Bonchev–Trinajstić information content (AvgIpc) is 2.48. The third kappa shape index (κ3) is 2.23. The standard InChI is InChI=1S/C16H13F2NO/c17-11-4-5-15(18)14(8-11)16(20)13-3-1-2-10-9-19-7-6-12(10)13/h1-5,8,19H,6-7,9H2. The molecule has 0 spiro atoms. The van der Waals surface area contributed by atoms with Gasteiger partial charge in [0.25, 0.3) is 0 Å². The monoisotopic (exact) mass is 273 g/mol. The summed E-state index contributed by atoms with van der Waals surface area (Å²) in [4.78, 5) is 12.5. The SMILES string of the molecule is O=C(c1cc(F)ccc1F)c1cccc2c1CCNC2. The largest absolute Gasteiger partial charge is 0.312 e. The normalized spacial score (nSPS) is 13.9. The van der Waals surface area contributed by atoms with Crippen molar-refractivity contribution in [2.75, 3.05) is 6.54 Å². The molecule has 4 heteroatoms. The zero-order valence-corrected chi connectivity index (χ0v) is 10.7. The number of hydrogen-bond donors (Lipinski definition) is 1. The lowest BCUT2D eigenvalue weighted by atomic mass is 9.91. The van der Waals surface area contributed by atoms with Gasteiger partial charge in [-0.25, -0.2) is 8.78 Å². The molecule has 0 fully saturated rings. The summed E-state index contributed by atoms with van der Waals surface area (Å²) in [6.07, 6.45) is 0.716. The number of fused-ring (bicyclic) bond motifs is 1. The first-order valence-electron chi connectivity index (χ1n) is 6.48. The summed E-state index contributed by atoms with van der Waals surface area (Å²) in [6.45, 7) is 1.48. The van der Waals surface area contributed by atoms with E-state index in [1.54, 1.807) is 12.1 Å². The van der Waals surface area contributed by atoms with Crippen LogP contribution >= 0.6 is 0 Å². The second kappa shape index (κ2) is 5.13. The number of ketones is 1. The van der Waals surface area contributed by atoms with E-state index in [9.17, 15) is 13.6 Å². The van der Waals surface area contributed by atoms with Crippen molar-refractivity contribution in [1.29, 1.82) is 0 Å². The van der Waals surface area contributed by atoms with E-state index in [0.717, 1.165) is 35.9 Å². The fourth-order valence-electron chi connectivity index (χ4n) is 2.56. The summed E-state index contributed by atoms with van der Waals surface area (Å²) < 4.78 is 27.0. The molecule has 0 radical (unpaired) electrons. The maximum absolute atomic E-state index is 13.7. The number of rotatable bonds is 2. The van der Waals surface area contributed by atoms with Gasteiger partial charge in [-0.1, -0.05) is 18.2 Å². The second-order valence-corrected chi connectivity index (χ2v) is 4.82. The van der Waals surface area contributed by atoms with Gasteiger partial charge in [0.15, 0.2) is 5.78 Å². The Morgan fingerprint density at radius 3 is 2.80 bits per heavy atom. The molecular formula is C16H13F2NO. The van der Waals surface area contributed by atoms with Gasteiger partial charge in [-0.15, -0.1) is 0 Å². The minimum atomic E-state index is -0.692. The van der Waals surface area contributed by atoms with Crippen LogP contribution in [0.5, 0.6) is 0 Å². The van der Waals surface area contributed by atoms with Crippen LogP contribution in [-0.2, 0) is 13.0 Å². The Kier molecular flexibility index (Phi) is 3.32. The van der Waals surface area contributed by atoms with Crippen LogP contribution in [0.25, 0.3) is 0 Å². The van der Waals surface area contributed by atoms with Gasteiger partial charge in [-0.2, -0.15) is 0 Å². The molecule has 0 aromatic heterocycles. The van der Waals surface area contributed by atoms with E-state index < -0.39 is 17.4 Å². The van der Waals surface area contributed by atoms with Crippen molar-refractivity contribution in [2.45, 2.75) is 13.0 Å². The molecule has 0 saturated heterocycles. The van der Waals surface area contributed by atoms with E-state index in [2.05, 4.69) is 5.32 Å². The van der Waals surface area contributed by atoms with Crippen molar-refractivity contribution in [3.8, 4) is 0 Å². The highest BCUT2D eigenvalue weighted by atomic mass is 19.1. The van der Waals surface area contributed by atoms with E-state index in [1.165, 1.54) is 0 Å². The molecule has 0 bridgehead atoms. The number of hydrogen-bond acceptors (Lipinski definition) is 2. The Bertz CT molecular complexity index is 682. The van der Waals surface area contributed by atoms with Crippen LogP contribution in [0.4, 0.5) is 8.78 Å². The highest BCUT2D eigenvalue weighted by molar-refractivity contribution is 6.10. The number of benzene rings is 2. The van der Waals surface area contributed by atoms with E-state index in [0.29, 0.717) is 18.5 Å². The van der Waals surface area contributed by atoms with Crippen LogP contribution < -0.4 is 5.32 Å². The summed E-state index contributed by atoms with van der Waals surface area (Å²) in [5, 5.41) is 3.22. The summed E-state index contributed by atoms with van der Waals surface area (Å²) in [5.74, 6) is -1.76. The first-order valence-corrected chi connectivity index (χ1v) is 6.48. The summed E-state index contributed by atoms with van der Waals surface area (Å²) in [6, 6.07) is 8.35. The lowest BCUT2D eigenvalue weighted by Crippen LogP contribution is -2.25. The van der Waals surface area contributed by atoms with Crippen molar-refractivity contribution < 1.29 is 13.6 Å². The van der Waals surface area contributed by atoms with Gasteiger partial charge in [0.2, 0.25) is 0 Å². The summed E-state index contributed by atoms with van der Waals surface area (Å²) in [5.41, 5.74) is 2.23. The van der Waals surface area contributed by atoms with Gasteiger partial charge in [-0.05, 0) is 42.3 Å². The van der Waals surface area contributed by atoms with E-state index in [4.69, 9.17) is 0 Å². The van der Waals surface area contributed by atoms with Gasteiger partial charge in [0.05, 0.1) is 5.56 Å². The molecule has 3 rings (SSSR count). The van der Waals surface area contributed by atoms with Crippen LogP contribution in [0.2, 0.25) is 0 Å². The Labute approximate surface area is 115 Å². The predicted octanol–water partition coefficient (Wildman–Crippen LogP) is 2.84. The van der Waals surface area contributed by atoms with Crippen LogP contribution in [0.15, 0.2) is 36.4 Å².